The second kappa shape index (κ2) is 16.4. The molecule has 4 N–H and O–H groups in total. The summed E-state index contributed by atoms with van der Waals surface area (Å²) >= 11 is 0. The molecule has 0 amide bonds. The van der Waals surface area contributed by atoms with Crippen molar-refractivity contribution in [2.75, 3.05) is 26.4 Å². The molecule has 0 bridgehead atoms. The number of aliphatic hydroxyl groups is 1. The molecule has 1 radical (unpaired) electrons. The number of carbonyl (C=O) groups is 1. The zero-order valence-electron chi connectivity index (χ0n) is 12.7. The summed E-state index contributed by atoms with van der Waals surface area (Å²) in [7, 11) is 0. The van der Waals surface area contributed by atoms with Crippen molar-refractivity contribution in [2.45, 2.75) is 57.6 Å². The normalized spacial score (nSPS) is 20.3. The summed E-state index contributed by atoms with van der Waals surface area (Å²) in [6, 6.07) is -1.16. The molecule has 0 aliphatic carbocycles. The number of aliphatic hydroxyl groups excluding tert-OH is 1. The van der Waals surface area contributed by atoms with Crippen LogP contribution in [0.2, 0.25) is 0 Å². The van der Waals surface area contributed by atoms with Crippen LogP contribution in [0, 0.1) is 0 Å². The fourth-order valence-corrected chi connectivity index (χ4v) is 1.58. The second-order valence-corrected chi connectivity index (χ2v) is 4.95. The molecule has 0 spiro atoms. The minimum Gasteiger partial charge on any atom is -0.480 e. The molecular weight excluding hydrogens is 370 g/mol. The summed E-state index contributed by atoms with van der Waals surface area (Å²) in [5.41, 5.74) is 4.91. The molecule has 2 aliphatic rings. The van der Waals surface area contributed by atoms with E-state index in [1.54, 1.807) is 0 Å². The van der Waals surface area contributed by atoms with Crippen LogP contribution in [-0.2, 0) is 36.6 Å². The fourth-order valence-electron chi connectivity index (χ4n) is 1.58. The van der Waals surface area contributed by atoms with Crippen molar-refractivity contribution in [1.82, 2.24) is 0 Å². The monoisotopic (exact) mass is 398 g/mol. The van der Waals surface area contributed by atoms with Crippen LogP contribution < -0.4 is 5.73 Å². The first-order valence-electron chi connectivity index (χ1n) is 7.37. The minimum atomic E-state index is -1.18. The van der Waals surface area contributed by atoms with E-state index in [0.717, 1.165) is 26.4 Å². The Morgan fingerprint density at radius 3 is 1.33 bits per heavy atom. The Morgan fingerprint density at radius 1 is 0.952 bits per heavy atom. The fraction of sp³-hybridized carbons (Fsp3) is 0.929. The first kappa shape index (κ1) is 23.3. The van der Waals surface area contributed by atoms with E-state index in [4.69, 9.17) is 25.4 Å². The summed E-state index contributed by atoms with van der Waals surface area (Å²) in [5, 5.41) is 16.6. The number of nitrogens with two attached hydrogens (primary N) is 1. The molecule has 2 heterocycles. The van der Waals surface area contributed by atoms with Gasteiger partial charge in [-0.05, 0) is 45.4 Å². The average Bonchev–Trinajstić information content (AvgIpc) is 2.51. The van der Waals surface area contributed by atoms with Gasteiger partial charge in [-0.3, -0.25) is 4.79 Å². The van der Waals surface area contributed by atoms with E-state index in [-0.39, 0.29) is 22.4 Å². The molecule has 2 atom stereocenters. The van der Waals surface area contributed by atoms with Gasteiger partial charge in [0.05, 0.1) is 6.10 Å². The van der Waals surface area contributed by atoms with Crippen molar-refractivity contribution in [3.8, 4) is 0 Å². The van der Waals surface area contributed by atoms with Crippen LogP contribution in [0.15, 0.2) is 0 Å². The number of hydrogen-bond acceptors (Lipinski definition) is 5. The van der Waals surface area contributed by atoms with Crippen LogP contribution >= 0.6 is 0 Å². The van der Waals surface area contributed by atoms with E-state index in [9.17, 15) is 4.79 Å². The number of ether oxygens (including phenoxy) is 2. The molecule has 2 saturated heterocycles. The van der Waals surface area contributed by atoms with Crippen LogP contribution in [0.4, 0.5) is 0 Å². The van der Waals surface area contributed by atoms with E-state index in [1.807, 2.05) is 0 Å². The predicted molar refractivity (Wildman–Crippen MR) is 76.6 cm³/mol. The van der Waals surface area contributed by atoms with Crippen molar-refractivity contribution in [3.63, 3.8) is 0 Å². The van der Waals surface area contributed by atoms with E-state index in [1.165, 1.54) is 45.4 Å². The van der Waals surface area contributed by atoms with Crippen LogP contribution in [0.25, 0.3) is 0 Å². The van der Waals surface area contributed by atoms with Gasteiger partial charge < -0.3 is 25.4 Å². The van der Waals surface area contributed by atoms with Crippen molar-refractivity contribution < 1.29 is 46.9 Å². The third kappa shape index (κ3) is 16.2. The van der Waals surface area contributed by atoms with Crippen LogP contribution in [0.3, 0.4) is 0 Å². The Kier molecular flexibility index (Phi) is 18.2. The van der Waals surface area contributed by atoms with E-state index in [2.05, 4.69) is 0 Å². The van der Waals surface area contributed by atoms with Gasteiger partial charge in [0, 0.05) is 48.8 Å². The Bertz CT molecular complexity index is 198. The van der Waals surface area contributed by atoms with E-state index < -0.39 is 18.1 Å². The standard InChI is InChI=1S/2C5H10O.C4H9NO3.Ag/c2*1-2-4-6-5-3-1;1-2(6)3(5)4(7)8;/h2*1-5H2;2-3,6H,5H2,1H3,(H,7,8);/t;;2?,3-;/m..0./s1. The van der Waals surface area contributed by atoms with Gasteiger partial charge >= 0.3 is 5.97 Å². The maximum Gasteiger partial charge on any atom is 0.323 e. The maximum absolute atomic E-state index is 9.86. The zero-order chi connectivity index (χ0) is 15.2. The molecule has 2 fully saturated rings. The molecule has 0 aromatic carbocycles. The van der Waals surface area contributed by atoms with E-state index in [0.29, 0.717) is 0 Å². The van der Waals surface area contributed by atoms with Gasteiger partial charge in [0.15, 0.2) is 0 Å². The first-order valence-corrected chi connectivity index (χ1v) is 7.37. The molecule has 2 aliphatic heterocycles. The molecule has 0 aromatic rings. The Hall–Kier alpha value is 0.0503. The Morgan fingerprint density at radius 2 is 1.29 bits per heavy atom. The molecule has 7 heteroatoms. The van der Waals surface area contributed by atoms with Crippen molar-refractivity contribution >= 4 is 5.97 Å². The quantitative estimate of drug-likeness (QED) is 0.603. The van der Waals surface area contributed by atoms with Crippen LogP contribution in [0.5, 0.6) is 0 Å². The van der Waals surface area contributed by atoms with Crippen molar-refractivity contribution in [2.24, 2.45) is 5.73 Å². The summed E-state index contributed by atoms with van der Waals surface area (Å²) < 4.78 is 10.1. The Labute approximate surface area is 142 Å². The SMILES string of the molecule is C1CCOCC1.C1CCOCC1.CC(O)[C@H](N)C(=O)O.[Ag]. The van der Waals surface area contributed by atoms with Gasteiger partial charge in [0.2, 0.25) is 0 Å². The third-order valence-electron chi connectivity index (χ3n) is 2.96. The molecular formula is C14H29AgNO5. The third-order valence-corrected chi connectivity index (χ3v) is 2.96. The van der Waals surface area contributed by atoms with Gasteiger partial charge in [0.1, 0.15) is 6.04 Å². The molecule has 0 saturated carbocycles. The molecule has 131 valence electrons. The number of rotatable bonds is 2. The van der Waals surface area contributed by atoms with Gasteiger partial charge in [0.25, 0.3) is 0 Å². The van der Waals surface area contributed by atoms with Gasteiger partial charge in [-0.25, -0.2) is 0 Å². The predicted octanol–water partition coefficient (Wildman–Crippen LogP) is 1.15. The first-order chi connectivity index (χ1) is 9.55. The second-order valence-electron chi connectivity index (χ2n) is 4.95. The summed E-state index contributed by atoms with van der Waals surface area (Å²) in [6.07, 6.45) is 6.88. The molecule has 1 unspecified atom stereocenters. The summed E-state index contributed by atoms with van der Waals surface area (Å²) in [6.45, 7) is 5.33. The minimum absolute atomic E-state index is 0. The van der Waals surface area contributed by atoms with E-state index >= 15 is 0 Å². The van der Waals surface area contributed by atoms with Gasteiger partial charge in [-0.15, -0.1) is 0 Å². The average molecular weight is 399 g/mol. The molecule has 0 aromatic heterocycles. The van der Waals surface area contributed by atoms with Crippen molar-refractivity contribution in [1.29, 1.82) is 0 Å². The number of aliphatic carboxylic acids is 1. The topological polar surface area (TPSA) is 102 Å². The smallest absolute Gasteiger partial charge is 0.323 e. The van der Waals surface area contributed by atoms with Gasteiger partial charge in [-0.2, -0.15) is 0 Å². The van der Waals surface area contributed by atoms with Gasteiger partial charge in [-0.1, -0.05) is 0 Å². The number of hydrogen-bond donors (Lipinski definition) is 3. The van der Waals surface area contributed by atoms with Crippen LogP contribution in [-0.4, -0.2) is 54.8 Å². The van der Waals surface area contributed by atoms with Crippen LogP contribution in [0.1, 0.15) is 45.4 Å². The molecule has 21 heavy (non-hydrogen) atoms. The molecule has 6 nitrogen and oxygen atoms in total. The maximum atomic E-state index is 9.86. The zero-order valence-corrected chi connectivity index (χ0v) is 14.2. The largest absolute Gasteiger partial charge is 0.480 e. The summed E-state index contributed by atoms with van der Waals surface area (Å²) in [4.78, 5) is 9.86. The summed E-state index contributed by atoms with van der Waals surface area (Å²) in [5.74, 6) is -1.18. The molecule has 2 rings (SSSR count). The Balaban J connectivity index is 0. The number of carboxylic acids is 1. The number of carboxylic acid groups (broad SMARTS) is 1. The van der Waals surface area contributed by atoms with Crippen molar-refractivity contribution in [3.05, 3.63) is 0 Å².